The molecular weight excluding hydrogens is 234 g/mol. The molecule has 4 heteroatoms. The summed E-state index contributed by atoms with van der Waals surface area (Å²) in [5.74, 6) is -0.130. The van der Waals surface area contributed by atoms with Crippen LogP contribution in [0.25, 0.3) is 0 Å². The van der Waals surface area contributed by atoms with E-state index >= 15 is 0 Å². The minimum atomic E-state index is -0.819. The van der Waals surface area contributed by atoms with Crippen molar-refractivity contribution in [2.45, 2.75) is 39.2 Å². The molecule has 1 aliphatic carbocycles. The van der Waals surface area contributed by atoms with Crippen LogP contribution in [0.5, 0.6) is 0 Å². The first-order valence-electron chi connectivity index (χ1n) is 6.16. The number of carboxylic acids is 1. The molecule has 0 saturated heterocycles. The van der Waals surface area contributed by atoms with E-state index in [1.165, 1.54) is 24.2 Å². The molecule has 0 aromatic carbocycles. The Kier molecular flexibility index (Phi) is 3.72. The fraction of sp³-hybridized carbons (Fsp3) is 0.615. The molecule has 1 fully saturated rings. The van der Waals surface area contributed by atoms with Crippen molar-refractivity contribution in [1.82, 2.24) is 0 Å². The van der Waals surface area contributed by atoms with Gasteiger partial charge in [-0.3, -0.25) is 0 Å². The Morgan fingerprint density at radius 2 is 2.29 bits per heavy atom. The highest BCUT2D eigenvalue weighted by atomic mass is 32.1. The van der Waals surface area contributed by atoms with Crippen LogP contribution >= 0.6 is 11.3 Å². The number of thiophene rings is 1. The van der Waals surface area contributed by atoms with E-state index in [9.17, 15) is 4.79 Å². The Bertz CT molecular complexity index is 396. The standard InChI is InChI=1S/C13H19NO2S/c1-9(2)5-6-14(10-3-4-10)11-7-12(13(15)16)17-8-11/h7-10H,3-6H2,1-2H3,(H,15,16). The van der Waals surface area contributed by atoms with Crippen molar-refractivity contribution in [2.75, 3.05) is 11.4 Å². The van der Waals surface area contributed by atoms with E-state index in [0.717, 1.165) is 18.7 Å². The highest BCUT2D eigenvalue weighted by Crippen LogP contribution is 2.34. The van der Waals surface area contributed by atoms with E-state index in [2.05, 4.69) is 18.7 Å². The predicted octanol–water partition coefficient (Wildman–Crippen LogP) is 3.46. The molecular formula is C13H19NO2S. The fourth-order valence-electron chi connectivity index (χ4n) is 1.89. The van der Waals surface area contributed by atoms with Gasteiger partial charge in [-0.2, -0.15) is 0 Å². The molecule has 1 saturated carbocycles. The zero-order chi connectivity index (χ0) is 12.4. The van der Waals surface area contributed by atoms with Crippen LogP contribution in [0.4, 0.5) is 5.69 Å². The third-order valence-electron chi connectivity index (χ3n) is 3.06. The van der Waals surface area contributed by atoms with Crippen molar-refractivity contribution in [3.63, 3.8) is 0 Å². The highest BCUT2D eigenvalue weighted by Gasteiger charge is 2.29. The minimum absolute atomic E-state index is 0.440. The summed E-state index contributed by atoms with van der Waals surface area (Å²) >= 11 is 1.32. The zero-order valence-corrected chi connectivity index (χ0v) is 11.2. The lowest BCUT2D eigenvalue weighted by atomic mass is 10.1. The normalized spacial score (nSPS) is 15.2. The van der Waals surface area contributed by atoms with E-state index in [1.54, 1.807) is 0 Å². The van der Waals surface area contributed by atoms with Gasteiger partial charge in [0.05, 0.1) is 0 Å². The molecule has 0 spiro atoms. The lowest BCUT2D eigenvalue weighted by molar-refractivity contribution is 0.0702. The molecule has 2 rings (SSSR count). The van der Waals surface area contributed by atoms with E-state index in [-0.39, 0.29) is 0 Å². The van der Waals surface area contributed by atoms with E-state index in [4.69, 9.17) is 5.11 Å². The number of hydrogen-bond donors (Lipinski definition) is 1. The Hall–Kier alpha value is -1.03. The molecule has 1 aromatic heterocycles. The number of rotatable bonds is 6. The number of carbonyl (C=O) groups is 1. The van der Waals surface area contributed by atoms with Gasteiger partial charge in [0.1, 0.15) is 4.88 Å². The van der Waals surface area contributed by atoms with Crippen molar-refractivity contribution in [3.8, 4) is 0 Å². The van der Waals surface area contributed by atoms with Gasteiger partial charge in [0.25, 0.3) is 0 Å². The Morgan fingerprint density at radius 3 is 2.76 bits per heavy atom. The van der Waals surface area contributed by atoms with Crippen LogP contribution in [-0.4, -0.2) is 23.7 Å². The molecule has 17 heavy (non-hydrogen) atoms. The molecule has 94 valence electrons. The second kappa shape index (κ2) is 5.08. The van der Waals surface area contributed by atoms with Crippen molar-refractivity contribution in [2.24, 2.45) is 5.92 Å². The fourth-order valence-corrected chi connectivity index (χ4v) is 2.64. The number of hydrogen-bond acceptors (Lipinski definition) is 3. The number of aromatic carboxylic acids is 1. The summed E-state index contributed by atoms with van der Waals surface area (Å²) < 4.78 is 0. The summed E-state index contributed by atoms with van der Waals surface area (Å²) in [6.07, 6.45) is 3.65. The van der Waals surface area contributed by atoms with Gasteiger partial charge in [-0.15, -0.1) is 11.3 Å². The van der Waals surface area contributed by atoms with E-state index < -0.39 is 5.97 Å². The summed E-state index contributed by atoms with van der Waals surface area (Å²) in [6, 6.07) is 2.45. The maximum Gasteiger partial charge on any atom is 0.345 e. The van der Waals surface area contributed by atoms with Crippen molar-refractivity contribution in [1.29, 1.82) is 0 Å². The van der Waals surface area contributed by atoms with Crippen LogP contribution in [0.2, 0.25) is 0 Å². The molecule has 0 radical (unpaired) electrons. The molecule has 1 aromatic rings. The minimum Gasteiger partial charge on any atom is -0.477 e. The first-order chi connectivity index (χ1) is 8.08. The largest absolute Gasteiger partial charge is 0.477 e. The average Bonchev–Trinajstić information content (AvgIpc) is 2.95. The van der Waals surface area contributed by atoms with Gasteiger partial charge in [-0.1, -0.05) is 13.8 Å². The first kappa shape index (κ1) is 12.4. The predicted molar refractivity (Wildman–Crippen MR) is 71.1 cm³/mol. The SMILES string of the molecule is CC(C)CCN(c1csc(C(=O)O)c1)C1CC1. The molecule has 0 atom stereocenters. The molecule has 3 nitrogen and oxygen atoms in total. The van der Waals surface area contributed by atoms with Crippen LogP contribution in [0.1, 0.15) is 42.8 Å². The Balaban J connectivity index is 2.06. The quantitative estimate of drug-likeness (QED) is 0.844. The Labute approximate surface area is 106 Å². The van der Waals surface area contributed by atoms with E-state index in [1.807, 2.05) is 11.4 Å². The smallest absolute Gasteiger partial charge is 0.345 e. The summed E-state index contributed by atoms with van der Waals surface area (Å²) in [6.45, 7) is 5.49. The summed E-state index contributed by atoms with van der Waals surface area (Å²) in [4.78, 5) is 13.7. The second-order valence-electron chi connectivity index (χ2n) is 5.08. The summed E-state index contributed by atoms with van der Waals surface area (Å²) in [5.41, 5.74) is 1.09. The van der Waals surface area contributed by atoms with Crippen LogP contribution in [0, 0.1) is 5.92 Å². The molecule has 1 N–H and O–H groups in total. The molecule has 0 bridgehead atoms. The van der Waals surface area contributed by atoms with Crippen LogP contribution < -0.4 is 4.90 Å². The van der Waals surface area contributed by atoms with Gasteiger partial charge in [-0.05, 0) is 31.2 Å². The highest BCUT2D eigenvalue weighted by molar-refractivity contribution is 7.12. The Morgan fingerprint density at radius 1 is 1.59 bits per heavy atom. The number of anilines is 1. The van der Waals surface area contributed by atoms with Gasteiger partial charge in [-0.25, -0.2) is 4.79 Å². The molecule has 0 amide bonds. The van der Waals surface area contributed by atoms with Gasteiger partial charge in [0.2, 0.25) is 0 Å². The lowest BCUT2D eigenvalue weighted by Crippen LogP contribution is -2.27. The van der Waals surface area contributed by atoms with Crippen LogP contribution in [0.3, 0.4) is 0 Å². The topological polar surface area (TPSA) is 40.5 Å². The lowest BCUT2D eigenvalue weighted by Gasteiger charge is -2.24. The molecule has 1 heterocycles. The molecule has 0 aliphatic heterocycles. The molecule has 1 aliphatic rings. The maximum atomic E-state index is 10.9. The van der Waals surface area contributed by atoms with Gasteiger partial charge in [0.15, 0.2) is 0 Å². The van der Waals surface area contributed by atoms with Crippen molar-refractivity contribution in [3.05, 3.63) is 16.3 Å². The number of carboxylic acid groups (broad SMARTS) is 1. The second-order valence-corrected chi connectivity index (χ2v) is 5.99. The zero-order valence-electron chi connectivity index (χ0n) is 10.3. The third kappa shape index (κ3) is 3.22. The molecule has 0 unspecified atom stereocenters. The summed E-state index contributed by atoms with van der Waals surface area (Å²) in [5, 5.41) is 10.9. The number of nitrogens with zero attached hydrogens (tertiary/aromatic N) is 1. The van der Waals surface area contributed by atoms with Crippen molar-refractivity contribution < 1.29 is 9.90 Å². The van der Waals surface area contributed by atoms with Crippen LogP contribution in [-0.2, 0) is 0 Å². The van der Waals surface area contributed by atoms with Crippen molar-refractivity contribution >= 4 is 23.0 Å². The average molecular weight is 253 g/mol. The van der Waals surface area contributed by atoms with Gasteiger partial charge in [0, 0.05) is 23.7 Å². The summed E-state index contributed by atoms with van der Waals surface area (Å²) in [7, 11) is 0. The third-order valence-corrected chi connectivity index (χ3v) is 3.97. The monoisotopic (exact) mass is 253 g/mol. The maximum absolute atomic E-state index is 10.9. The van der Waals surface area contributed by atoms with Crippen LogP contribution in [0.15, 0.2) is 11.4 Å². The first-order valence-corrected chi connectivity index (χ1v) is 7.04. The van der Waals surface area contributed by atoms with Gasteiger partial charge < -0.3 is 10.0 Å². The van der Waals surface area contributed by atoms with Gasteiger partial charge >= 0.3 is 5.97 Å². The van der Waals surface area contributed by atoms with E-state index in [0.29, 0.717) is 16.8 Å².